The monoisotopic (exact) mass is 380 g/mol. The smallest absolute Gasteiger partial charge is 0.281 e. The Bertz CT molecular complexity index is 835. The minimum absolute atomic E-state index is 0.156. The molecule has 0 unspecified atom stereocenters. The number of nitrogens with zero attached hydrogens (tertiary/aromatic N) is 1. The van der Waals surface area contributed by atoms with Crippen LogP contribution < -0.4 is 21.1 Å². The van der Waals surface area contributed by atoms with Crippen LogP contribution in [-0.4, -0.2) is 31.4 Å². The first-order chi connectivity index (χ1) is 13.2. The molecule has 0 aromatic heterocycles. The molecule has 6 heteroatoms. The summed E-state index contributed by atoms with van der Waals surface area (Å²) in [6, 6.07) is 16.5. The van der Waals surface area contributed by atoms with E-state index < -0.39 is 5.91 Å². The molecule has 0 aliphatic carbocycles. The number of rotatable bonds is 6. The van der Waals surface area contributed by atoms with Gasteiger partial charge in [-0.25, -0.2) is 5.43 Å². The highest BCUT2D eigenvalue weighted by Gasteiger charge is 2.17. The second-order valence-corrected chi connectivity index (χ2v) is 7.69. The van der Waals surface area contributed by atoms with E-state index in [1.165, 1.54) is 0 Å². The van der Waals surface area contributed by atoms with E-state index in [1.54, 1.807) is 30.3 Å². The first-order valence-corrected chi connectivity index (χ1v) is 9.09. The van der Waals surface area contributed by atoms with E-state index >= 15 is 0 Å². The van der Waals surface area contributed by atoms with Gasteiger partial charge in [-0.1, -0.05) is 30.3 Å². The minimum Gasteiger partial charge on any atom is -0.378 e. The summed E-state index contributed by atoms with van der Waals surface area (Å²) < 4.78 is 0. The molecule has 0 radical (unpaired) electrons. The normalized spacial score (nSPS) is 11.7. The van der Waals surface area contributed by atoms with E-state index in [0.29, 0.717) is 5.56 Å². The van der Waals surface area contributed by atoms with Crippen molar-refractivity contribution in [1.82, 2.24) is 16.2 Å². The lowest BCUT2D eigenvalue weighted by atomic mass is 10.1. The number of hydrogen-bond acceptors (Lipinski definition) is 4. The molecule has 0 aliphatic heterocycles. The van der Waals surface area contributed by atoms with E-state index in [4.69, 9.17) is 0 Å². The van der Waals surface area contributed by atoms with E-state index in [-0.39, 0.29) is 17.1 Å². The number of anilines is 1. The number of hydrogen-bond donors (Lipinski definition) is 3. The van der Waals surface area contributed by atoms with Crippen LogP contribution in [0.5, 0.6) is 0 Å². The molecular weight excluding hydrogens is 352 g/mol. The van der Waals surface area contributed by atoms with Crippen molar-refractivity contribution in [3.05, 3.63) is 71.4 Å². The van der Waals surface area contributed by atoms with Crippen LogP contribution in [0, 0.1) is 0 Å². The molecule has 2 rings (SSSR count). The summed E-state index contributed by atoms with van der Waals surface area (Å²) in [6.45, 7) is 5.79. The zero-order chi connectivity index (χ0) is 20.7. The molecule has 3 N–H and O–H groups in total. The van der Waals surface area contributed by atoms with Gasteiger partial charge < -0.3 is 10.2 Å². The Morgan fingerprint density at radius 1 is 0.929 bits per heavy atom. The van der Waals surface area contributed by atoms with Gasteiger partial charge >= 0.3 is 0 Å². The summed E-state index contributed by atoms with van der Waals surface area (Å²) in [7, 11) is 3.92. The molecule has 2 amide bonds. The molecule has 0 bridgehead atoms. The molecule has 0 saturated carbocycles. The lowest BCUT2D eigenvalue weighted by Gasteiger charge is -2.21. The summed E-state index contributed by atoms with van der Waals surface area (Å²) in [5.74, 6) is -0.765. The van der Waals surface area contributed by atoms with Gasteiger partial charge in [0.15, 0.2) is 0 Å². The molecule has 2 aromatic rings. The summed E-state index contributed by atoms with van der Waals surface area (Å²) >= 11 is 0. The van der Waals surface area contributed by atoms with Crippen molar-refractivity contribution in [3.8, 4) is 0 Å². The van der Waals surface area contributed by atoms with Crippen molar-refractivity contribution in [2.45, 2.75) is 26.3 Å². The summed E-state index contributed by atoms with van der Waals surface area (Å²) in [5, 5.41) is 2.71. The zero-order valence-corrected chi connectivity index (χ0v) is 17.0. The fourth-order valence-electron chi connectivity index (χ4n) is 2.29. The average molecular weight is 380 g/mol. The van der Waals surface area contributed by atoms with Crippen molar-refractivity contribution in [1.29, 1.82) is 0 Å². The molecular formula is C22H28N4O2. The van der Waals surface area contributed by atoms with Gasteiger partial charge in [0, 0.05) is 30.9 Å². The van der Waals surface area contributed by atoms with Crippen LogP contribution in [0.1, 0.15) is 36.7 Å². The minimum atomic E-state index is -0.420. The Labute approximate surface area is 166 Å². The molecule has 0 spiro atoms. The highest BCUT2D eigenvalue weighted by Crippen LogP contribution is 2.14. The highest BCUT2D eigenvalue weighted by atomic mass is 16.2. The van der Waals surface area contributed by atoms with E-state index in [2.05, 4.69) is 16.2 Å². The molecule has 2 aromatic carbocycles. The topological polar surface area (TPSA) is 73.5 Å². The molecule has 6 nitrogen and oxygen atoms in total. The third-order valence-electron chi connectivity index (χ3n) is 3.80. The number of hydrazine groups is 1. The molecule has 0 aliphatic rings. The summed E-state index contributed by atoms with van der Waals surface area (Å²) in [5.41, 5.74) is 7.76. The predicted molar refractivity (Wildman–Crippen MR) is 114 cm³/mol. The number of benzene rings is 2. The van der Waals surface area contributed by atoms with Crippen molar-refractivity contribution < 1.29 is 9.59 Å². The summed E-state index contributed by atoms with van der Waals surface area (Å²) in [6.07, 6.45) is 1.65. The maximum Gasteiger partial charge on any atom is 0.281 e. The second kappa shape index (κ2) is 9.19. The quantitative estimate of drug-likeness (QED) is 0.532. The van der Waals surface area contributed by atoms with Crippen LogP contribution in [0.15, 0.2) is 60.3 Å². The van der Waals surface area contributed by atoms with Crippen molar-refractivity contribution in [2.75, 3.05) is 19.0 Å². The maximum atomic E-state index is 12.7. The van der Waals surface area contributed by atoms with Gasteiger partial charge in [0.05, 0.1) is 0 Å². The second-order valence-electron chi connectivity index (χ2n) is 7.69. The van der Waals surface area contributed by atoms with Gasteiger partial charge in [0.1, 0.15) is 5.70 Å². The largest absolute Gasteiger partial charge is 0.378 e. The lowest BCUT2D eigenvalue weighted by Crippen LogP contribution is -2.50. The van der Waals surface area contributed by atoms with Crippen LogP contribution in [0.3, 0.4) is 0 Å². The highest BCUT2D eigenvalue weighted by molar-refractivity contribution is 6.05. The Hall–Kier alpha value is -3.12. The Kier molecular flexibility index (Phi) is 6.95. The third kappa shape index (κ3) is 6.55. The van der Waals surface area contributed by atoms with E-state index in [9.17, 15) is 9.59 Å². The lowest BCUT2D eigenvalue weighted by molar-refractivity contribution is -0.119. The van der Waals surface area contributed by atoms with Gasteiger partial charge in [-0.2, -0.15) is 0 Å². The van der Waals surface area contributed by atoms with Gasteiger partial charge in [-0.05, 0) is 56.7 Å². The Morgan fingerprint density at radius 2 is 1.54 bits per heavy atom. The fourth-order valence-corrected chi connectivity index (χ4v) is 2.29. The Balaban J connectivity index is 2.26. The number of carbonyl (C=O) groups is 2. The molecule has 0 heterocycles. The molecule has 0 saturated heterocycles. The fraction of sp³-hybridized carbons (Fsp3) is 0.273. The number of amides is 2. The van der Waals surface area contributed by atoms with Gasteiger partial charge in [-0.3, -0.25) is 15.0 Å². The predicted octanol–water partition coefficient (Wildman–Crippen LogP) is 2.94. The summed E-state index contributed by atoms with van der Waals surface area (Å²) in [4.78, 5) is 27.2. The van der Waals surface area contributed by atoms with Crippen LogP contribution >= 0.6 is 0 Å². The first kappa shape index (κ1) is 21.2. The van der Waals surface area contributed by atoms with Gasteiger partial charge in [0.25, 0.3) is 11.8 Å². The van der Waals surface area contributed by atoms with Crippen LogP contribution in [0.4, 0.5) is 5.69 Å². The average Bonchev–Trinajstić information content (AvgIpc) is 2.66. The molecule has 148 valence electrons. The van der Waals surface area contributed by atoms with Gasteiger partial charge in [0.2, 0.25) is 0 Å². The standard InChI is InChI=1S/C22H28N4O2/c1-22(2,3)25-24-21(28)19(23-20(27)17-9-7-6-8-10-17)15-16-11-13-18(14-12-16)26(4)5/h6-15,25H,1-5H3,(H,23,27)(H,24,28). The van der Waals surface area contributed by atoms with E-state index in [1.807, 2.05) is 70.1 Å². The first-order valence-electron chi connectivity index (χ1n) is 9.09. The van der Waals surface area contributed by atoms with Gasteiger partial charge in [-0.15, -0.1) is 0 Å². The molecule has 0 fully saturated rings. The van der Waals surface area contributed by atoms with Crippen molar-refractivity contribution in [3.63, 3.8) is 0 Å². The van der Waals surface area contributed by atoms with Crippen LogP contribution in [0.2, 0.25) is 0 Å². The van der Waals surface area contributed by atoms with Crippen molar-refractivity contribution >= 4 is 23.6 Å². The number of nitrogens with one attached hydrogen (secondary N) is 3. The molecule has 28 heavy (non-hydrogen) atoms. The van der Waals surface area contributed by atoms with Crippen LogP contribution in [-0.2, 0) is 4.79 Å². The van der Waals surface area contributed by atoms with Crippen LogP contribution in [0.25, 0.3) is 6.08 Å². The number of carbonyl (C=O) groups excluding carboxylic acids is 2. The third-order valence-corrected chi connectivity index (χ3v) is 3.80. The van der Waals surface area contributed by atoms with E-state index in [0.717, 1.165) is 11.3 Å². The van der Waals surface area contributed by atoms with Crippen molar-refractivity contribution in [2.24, 2.45) is 0 Å². The SMILES string of the molecule is CN(C)c1ccc(C=C(NC(=O)c2ccccc2)C(=O)NNC(C)(C)C)cc1. The molecule has 0 atom stereocenters. The maximum absolute atomic E-state index is 12.7. The Morgan fingerprint density at radius 3 is 2.07 bits per heavy atom. The zero-order valence-electron chi connectivity index (χ0n) is 17.0.